The fourth-order valence-corrected chi connectivity index (χ4v) is 25.3. The molecular formula is C39H57Cl13N8O12S6. The van der Waals surface area contributed by atoms with E-state index in [1.807, 2.05) is 7.05 Å². The maximum Gasteiger partial charge on any atom is 0.397 e. The number of nitrogens with one attached hydrogen (secondary N) is 7. The Balaban J connectivity index is 1.17. The van der Waals surface area contributed by atoms with Crippen LogP contribution in [-0.4, -0.2) is 223 Å². The quantitative estimate of drug-likeness (QED) is 0.0619. The topological polar surface area (TPSA) is 278 Å². The van der Waals surface area contributed by atoms with Crippen molar-refractivity contribution in [2.45, 2.75) is 135 Å². The Morgan fingerprint density at radius 2 is 0.564 bits per heavy atom. The molecule has 32 unspecified atom stereocenters. The highest BCUT2D eigenvalue weighted by atomic mass is 35.5. The molecule has 0 aromatic heterocycles. The fraction of sp³-hybridized carbons (Fsp3) is 1.00. The minimum Gasteiger partial charge on any atom is -0.286 e. The molecule has 9 fully saturated rings. The Morgan fingerprint density at radius 1 is 0.346 bits per heavy atom. The summed E-state index contributed by atoms with van der Waals surface area (Å²) >= 11 is 99.0. The van der Waals surface area contributed by atoms with Gasteiger partial charge in [-0.05, 0) is 7.05 Å². The SMILES string of the molecule is CN1C2NC3NC(NC4NC(NC5NC(NC1C1C(Cl)C(Cl)C(Cl)C(Cl)C12)C1C(SCCOS(=O)(=O)O)C(Cl)C(Cl)C(Cl)C51)C1C(SCCOS(=O)(=O)O)C(Cl)C(Cl)C(Cl)C41)C1C(SCCOS(=O)(=O)O)C(Cl)C(Cl)C(Cl)C31. The first-order valence-electron chi connectivity index (χ1n) is 24.5. The van der Waals surface area contributed by atoms with E-state index < -0.39 is 220 Å². The third kappa shape index (κ3) is 13.6. The highest BCUT2D eigenvalue weighted by Gasteiger charge is 2.67. The van der Waals surface area contributed by atoms with Crippen LogP contribution in [0.15, 0.2) is 0 Å². The van der Waals surface area contributed by atoms with Gasteiger partial charge in [-0.25, -0.2) is 12.5 Å². The molecule has 78 heavy (non-hydrogen) atoms. The highest BCUT2D eigenvalue weighted by Crippen LogP contribution is 2.56. The zero-order chi connectivity index (χ0) is 57.0. The van der Waals surface area contributed by atoms with Gasteiger partial charge in [-0.2, -0.15) is 60.5 Å². The average molecular weight is 1480 g/mol. The van der Waals surface area contributed by atoms with E-state index in [1.165, 1.54) is 35.3 Å². The summed E-state index contributed by atoms with van der Waals surface area (Å²) in [6, 6.07) is 0. The lowest BCUT2D eigenvalue weighted by Crippen LogP contribution is -2.62. The van der Waals surface area contributed by atoms with Gasteiger partial charge in [0.05, 0.1) is 139 Å². The van der Waals surface area contributed by atoms with Crippen molar-refractivity contribution >= 4 is 217 Å². The number of halogens is 13. The molecule has 0 radical (unpaired) electrons. The minimum atomic E-state index is -4.78. The van der Waals surface area contributed by atoms with E-state index in [2.05, 4.69) is 42.1 Å². The van der Waals surface area contributed by atoms with Gasteiger partial charge in [0.25, 0.3) is 0 Å². The fourth-order valence-electron chi connectivity index (χ4n) is 13.8. The van der Waals surface area contributed by atoms with Gasteiger partial charge in [-0.1, -0.05) is 0 Å². The minimum absolute atomic E-state index is 0.0531. The van der Waals surface area contributed by atoms with Gasteiger partial charge < -0.3 is 0 Å². The second-order valence-corrected chi connectivity index (χ2v) is 34.4. The summed E-state index contributed by atoms with van der Waals surface area (Å²) in [5.41, 5.74) is 0. The molecule has 0 spiro atoms. The molecule has 5 saturated heterocycles. The third-order valence-electron chi connectivity index (χ3n) is 16.7. The van der Waals surface area contributed by atoms with Crippen LogP contribution in [0.25, 0.3) is 0 Å². The van der Waals surface area contributed by atoms with Crippen molar-refractivity contribution in [3.8, 4) is 0 Å². The van der Waals surface area contributed by atoms with Crippen LogP contribution in [0.1, 0.15) is 0 Å². The molecule has 5 aliphatic heterocycles. The summed E-state index contributed by atoms with van der Waals surface area (Å²) in [6.07, 6.45) is -5.36. The van der Waals surface area contributed by atoms with E-state index in [-0.39, 0.29) is 30.5 Å². The number of nitrogens with zero attached hydrogens (tertiary/aromatic N) is 1. The molecule has 8 bridgehead atoms. The Morgan fingerprint density at radius 3 is 0.833 bits per heavy atom. The number of hydrogen-bond donors (Lipinski definition) is 10. The summed E-state index contributed by atoms with van der Waals surface area (Å²) in [4.78, 5) is 2.09. The Hall–Kier alpha value is 4.11. The molecule has 9 aliphatic rings. The van der Waals surface area contributed by atoms with Crippen LogP contribution in [0.4, 0.5) is 0 Å². The summed E-state index contributed by atoms with van der Waals surface area (Å²) < 4.78 is 112. The molecule has 0 aromatic rings. The van der Waals surface area contributed by atoms with E-state index >= 15 is 0 Å². The first-order chi connectivity index (χ1) is 36.4. The van der Waals surface area contributed by atoms with Crippen molar-refractivity contribution in [2.75, 3.05) is 44.1 Å². The first kappa shape index (κ1) is 66.5. The predicted octanol–water partition coefficient (Wildman–Crippen LogP) is 4.37. The van der Waals surface area contributed by atoms with Crippen LogP contribution in [-0.2, 0) is 43.7 Å². The van der Waals surface area contributed by atoms with Crippen LogP contribution >= 0.6 is 186 Å². The summed E-state index contributed by atoms with van der Waals surface area (Å²) in [7, 11) is -12.4. The Labute approximate surface area is 531 Å². The zero-order valence-electron chi connectivity index (χ0n) is 40.0. The molecule has 9 rings (SSSR count). The Kier molecular flexibility index (Phi) is 22.6. The highest BCUT2D eigenvalue weighted by molar-refractivity contribution is 8.00. The number of alkyl halides is 13. The van der Waals surface area contributed by atoms with Crippen molar-refractivity contribution in [1.82, 2.24) is 42.1 Å². The number of hydrogen-bond acceptors (Lipinski definition) is 20. The van der Waals surface area contributed by atoms with E-state index in [9.17, 15) is 38.9 Å². The summed E-state index contributed by atoms with van der Waals surface area (Å²) in [5.74, 6) is -3.91. The van der Waals surface area contributed by atoms with Crippen LogP contribution < -0.4 is 37.2 Å². The van der Waals surface area contributed by atoms with E-state index in [4.69, 9.17) is 163 Å². The monoisotopic (exact) mass is 1480 g/mol. The van der Waals surface area contributed by atoms with Crippen LogP contribution in [0.5, 0.6) is 0 Å². The number of fused-ring (bicyclic) bond motifs is 20. The molecule has 452 valence electrons. The van der Waals surface area contributed by atoms with Crippen molar-refractivity contribution in [1.29, 1.82) is 0 Å². The molecule has 0 aromatic carbocycles. The molecule has 20 nitrogen and oxygen atoms in total. The second-order valence-electron chi connectivity index (χ2n) is 20.7. The van der Waals surface area contributed by atoms with E-state index in [1.54, 1.807) is 0 Å². The largest absolute Gasteiger partial charge is 0.397 e. The lowest BCUT2D eigenvalue weighted by molar-refractivity contribution is 0.116. The molecule has 32 atom stereocenters. The van der Waals surface area contributed by atoms with E-state index in [0.29, 0.717) is 0 Å². The van der Waals surface area contributed by atoms with Gasteiger partial charge >= 0.3 is 31.2 Å². The van der Waals surface area contributed by atoms with Gasteiger partial charge in [0.15, 0.2) is 0 Å². The third-order valence-corrected chi connectivity index (χ3v) is 31.1. The summed E-state index contributed by atoms with van der Waals surface area (Å²) in [5, 5.41) is 14.9. The van der Waals surface area contributed by atoms with Gasteiger partial charge in [0, 0.05) is 80.4 Å². The predicted molar refractivity (Wildman–Crippen MR) is 315 cm³/mol. The molecule has 5 heterocycles. The van der Waals surface area contributed by atoms with Crippen molar-refractivity contribution in [2.24, 2.45) is 47.3 Å². The van der Waals surface area contributed by atoms with Crippen molar-refractivity contribution in [3.05, 3.63) is 0 Å². The van der Waals surface area contributed by atoms with Crippen molar-refractivity contribution < 1.29 is 51.5 Å². The van der Waals surface area contributed by atoms with Crippen LogP contribution in [0.2, 0.25) is 0 Å². The molecule has 0 amide bonds. The van der Waals surface area contributed by atoms with Crippen LogP contribution in [0.3, 0.4) is 0 Å². The molecule has 4 aliphatic carbocycles. The van der Waals surface area contributed by atoms with Gasteiger partial charge in [-0.3, -0.25) is 55.8 Å². The molecule has 4 saturated carbocycles. The normalized spacial score (nSPS) is 51.7. The number of rotatable bonds is 15. The van der Waals surface area contributed by atoms with E-state index in [0.717, 1.165) is 0 Å². The van der Waals surface area contributed by atoms with Gasteiger partial charge in [-0.15, -0.1) is 151 Å². The van der Waals surface area contributed by atoms with Gasteiger partial charge in [0.1, 0.15) is 0 Å². The average Bonchev–Trinajstić information content (AvgIpc) is 4.09. The maximum absolute atomic E-state index is 11.6. The smallest absolute Gasteiger partial charge is 0.286 e. The second kappa shape index (κ2) is 26.5. The lowest BCUT2D eigenvalue weighted by Gasteiger charge is -2.48. The maximum atomic E-state index is 11.6. The summed E-state index contributed by atoms with van der Waals surface area (Å²) in [6.45, 7) is -1.16. The zero-order valence-corrected chi connectivity index (χ0v) is 54.8. The Bertz CT molecular complexity index is 2470. The molecule has 39 heteroatoms. The standard InChI is InChI=1S/C39H57Cl13N8O12S6/c1-60-38-11-12(20(44)22(46)21(45)19(11)43)39(60)59-37-15-9(17(41)24(48)28(52)31(15)75-7-4-72-78(67,68)69)33(56-37)55-35-13-8(16(40)23(47)26(50)29(13)73-5-2-70-76(61,62)63)32(53-35)54-36-14-10(34(57-36)58-38)18(42)25(49)27(51)30(14)74-6-3-71-77(64,65)66/h8-39,53-59H,2-7H2,1H3,(H,61,62,63)(H,64,65,66)(H,67,68,69). The lowest BCUT2D eigenvalue weighted by atomic mass is 9.75. The molecular weight excluding hydrogens is 1430 g/mol. The van der Waals surface area contributed by atoms with Gasteiger partial charge in [0.2, 0.25) is 0 Å². The first-order valence-corrected chi connectivity index (χ1v) is 37.4. The number of thioether (sulfide) groups is 3. The molecule has 10 N–H and O–H groups in total. The van der Waals surface area contributed by atoms with Crippen LogP contribution in [0, 0.1) is 47.3 Å². The van der Waals surface area contributed by atoms with Crippen molar-refractivity contribution in [3.63, 3.8) is 0 Å².